The number of hydrogen-bond acceptors (Lipinski definition) is 3. The van der Waals surface area contributed by atoms with Crippen LogP contribution in [0.15, 0.2) is 53.7 Å². The Kier molecular flexibility index (Phi) is 4.78. The van der Waals surface area contributed by atoms with Crippen molar-refractivity contribution in [3.8, 4) is 0 Å². The SMILES string of the molecule is CCc1ccc(S(=O)(=O)N2CCC(c3ccncc3)CC2)cc1. The molecule has 0 atom stereocenters. The monoisotopic (exact) mass is 330 g/mol. The molecule has 0 bridgehead atoms. The number of hydrogen-bond donors (Lipinski definition) is 0. The lowest BCUT2D eigenvalue weighted by Gasteiger charge is -2.31. The van der Waals surface area contributed by atoms with Crippen LogP contribution in [0.1, 0.15) is 36.8 Å². The van der Waals surface area contributed by atoms with E-state index >= 15 is 0 Å². The number of aromatic nitrogens is 1. The highest BCUT2D eigenvalue weighted by molar-refractivity contribution is 7.89. The van der Waals surface area contributed by atoms with Crippen LogP contribution in [0, 0.1) is 0 Å². The zero-order valence-electron chi connectivity index (χ0n) is 13.4. The fraction of sp³-hybridized carbons (Fsp3) is 0.389. The van der Waals surface area contributed by atoms with Gasteiger partial charge in [0.15, 0.2) is 0 Å². The fourth-order valence-electron chi connectivity index (χ4n) is 3.11. The maximum Gasteiger partial charge on any atom is 0.243 e. The van der Waals surface area contributed by atoms with Gasteiger partial charge in [0.2, 0.25) is 10.0 Å². The van der Waals surface area contributed by atoms with Crippen LogP contribution in [-0.2, 0) is 16.4 Å². The van der Waals surface area contributed by atoms with Gasteiger partial charge in [0, 0.05) is 25.5 Å². The quantitative estimate of drug-likeness (QED) is 0.865. The summed E-state index contributed by atoms with van der Waals surface area (Å²) in [5.41, 5.74) is 2.41. The van der Waals surface area contributed by atoms with Crippen LogP contribution in [0.25, 0.3) is 0 Å². The molecule has 0 saturated carbocycles. The predicted octanol–water partition coefficient (Wildman–Crippen LogP) is 3.21. The Morgan fingerprint density at radius 2 is 1.65 bits per heavy atom. The van der Waals surface area contributed by atoms with Gasteiger partial charge in [-0.3, -0.25) is 4.98 Å². The first-order valence-corrected chi connectivity index (χ1v) is 9.54. The summed E-state index contributed by atoms with van der Waals surface area (Å²) < 4.78 is 27.1. The number of sulfonamides is 1. The predicted molar refractivity (Wildman–Crippen MR) is 90.8 cm³/mol. The van der Waals surface area contributed by atoms with Gasteiger partial charge in [0.1, 0.15) is 0 Å². The number of rotatable bonds is 4. The Hall–Kier alpha value is -1.72. The van der Waals surface area contributed by atoms with Gasteiger partial charge in [-0.1, -0.05) is 19.1 Å². The molecule has 0 N–H and O–H groups in total. The Bertz CT molecular complexity index is 734. The minimum absolute atomic E-state index is 0.400. The first-order valence-electron chi connectivity index (χ1n) is 8.10. The third-order valence-corrected chi connectivity index (χ3v) is 6.51. The lowest BCUT2D eigenvalue weighted by Crippen LogP contribution is -2.37. The van der Waals surface area contributed by atoms with E-state index in [0.29, 0.717) is 23.9 Å². The van der Waals surface area contributed by atoms with Crippen LogP contribution in [0.2, 0.25) is 0 Å². The molecule has 2 aromatic rings. The molecule has 122 valence electrons. The van der Waals surface area contributed by atoms with Crippen molar-refractivity contribution in [1.29, 1.82) is 0 Å². The minimum atomic E-state index is -3.37. The Morgan fingerprint density at radius 3 is 2.22 bits per heavy atom. The summed E-state index contributed by atoms with van der Waals surface area (Å²) in [5.74, 6) is 0.423. The van der Waals surface area contributed by atoms with Gasteiger partial charge in [-0.05, 0) is 60.6 Å². The summed E-state index contributed by atoms with van der Waals surface area (Å²) in [4.78, 5) is 4.44. The topological polar surface area (TPSA) is 50.3 Å². The zero-order valence-corrected chi connectivity index (χ0v) is 14.2. The van der Waals surface area contributed by atoms with E-state index in [9.17, 15) is 8.42 Å². The van der Waals surface area contributed by atoms with E-state index in [1.165, 1.54) is 5.56 Å². The molecule has 1 aromatic carbocycles. The average molecular weight is 330 g/mol. The largest absolute Gasteiger partial charge is 0.265 e. The zero-order chi connectivity index (χ0) is 16.3. The molecule has 1 aliphatic rings. The maximum absolute atomic E-state index is 12.7. The molecule has 0 radical (unpaired) electrons. The van der Waals surface area contributed by atoms with E-state index in [2.05, 4.69) is 11.9 Å². The number of aryl methyl sites for hydroxylation is 1. The molecule has 0 unspecified atom stereocenters. The molecule has 0 aliphatic carbocycles. The van der Waals surface area contributed by atoms with E-state index in [1.54, 1.807) is 28.8 Å². The summed E-state index contributed by atoms with van der Waals surface area (Å²) in [5, 5.41) is 0. The smallest absolute Gasteiger partial charge is 0.243 e. The molecule has 4 nitrogen and oxygen atoms in total. The van der Waals surface area contributed by atoms with Crippen LogP contribution < -0.4 is 0 Å². The normalized spacial score (nSPS) is 17.3. The van der Waals surface area contributed by atoms with Crippen molar-refractivity contribution < 1.29 is 8.42 Å². The fourth-order valence-corrected chi connectivity index (χ4v) is 4.58. The van der Waals surface area contributed by atoms with Crippen molar-refractivity contribution in [3.63, 3.8) is 0 Å². The Labute approximate surface area is 138 Å². The van der Waals surface area contributed by atoms with E-state index in [-0.39, 0.29) is 0 Å². The van der Waals surface area contributed by atoms with Crippen molar-refractivity contribution in [3.05, 3.63) is 59.9 Å². The molecular formula is C18H22N2O2S. The number of piperidine rings is 1. The minimum Gasteiger partial charge on any atom is -0.265 e. The number of nitrogens with zero attached hydrogens (tertiary/aromatic N) is 2. The lowest BCUT2D eigenvalue weighted by molar-refractivity contribution is 0.319. The molecule has 0 amide bonds. The second-order valence-corrected chi connectivity index (χ2v) is 7.89. The molecule has 5 heteroatoms. The van der Waals surface area contributed by atoms with Crippen molar-refractivity contribution in [2.24, 2.45) is 0 Å². The van der Waals surface area contributed by atoms with Crippen molar-refractivity contribution in [2.45, 2.75) is 37.0 Å². The second kappa shape index (κ2) is 6.81. The average Bonchev–Trinajstić information content (AvgIpc) is 2.62. The molecule has 2 heterocycles. The highest BCUT2D eigenvalue weighted by atomic mass is 32.2. The number of pyridine rings is 1. The van der Waals surface area contributed by atoms with Crippen molar-refractivity contribution in [2.75, 3.05) is 13.1 Å². The highest BCUT2D eigenvalue weighted by Crippen LogP contribution is 2.30. The first kappa shape index (κ1) is 16.1. The lowest BCUT2D eigenvalue weighted by atomic mass is 9.91. The van der Waals surface area contributed by atoms with E-state index in [1.807, 2.05) is 24.3 Å². The molecular weight excluding hydrogens is 308 g/mol. The van der Waals surface area contributed by atoms with Gasteiger partial charge in [-0.15, -0.1) is 0 Å². The summed E-state index contributed by atoms with van der Waals surface area (Å²) in [7, 11) is -3.37. The summed E-state index contributed by atoms with van der Waals surface area (Å²) in [6.45, 7) is 3.21. The van der Waals surface area contributed by atoms with E-state index in [4.69, 9.17) is 0 Å². The van der Waals surface area contributed by atoms with Gasteiger partial charge in [-0.2, -0.15) is 4.31 Å². The summed E-state index contributed by atoms with van der Waals surface area (Å²) in [6.07, 6.45) is 6.23. The Balaban J connectivity index is 1.70. The molecule has 1 saturated heterocycles. The van der Waals surface area contributed by atoms with Crippen LogP contribution >= 0.6 is 0 Å². The Morgan fingerprint density at radius 1 is 1.04 bits per heavy atom. The summed E-state index contributed by atoms with van der Waals surface area (Å²) in [6, 6.07) is 11.3. The first-order chi connectivity index (χ1) is 11.1. The van der Waals surface area contributed by atoms with Crippen molar-refractivity contribution >= 4 is 10.0 Å². The number of benzene rings is 1. The standard InChI is InChI=1S/C18H22N2O2S/c1-2-15-3-5-18(6-4-15)23(21,22)20-13-9-17(10-14-20)16-7-11-19-12-8-16/h3-8,11-12,17H,2,9-10,13-14H2,1H3. The van der Waals surface area contributed by atoms with Gasteiger partial charge < -0.3 is 0 Å². The van der Waals surface area contributed by atoms with Crippen molar-refractivity contribution in [1.82, 2.24) is 9.29 Å². The van der Waals surface area contributed by atoms with Crippen LogP contribution in [0.5, 0.6) is 0 Å². The molecule has 3 rings (SSSR count). The summed E-state index contributed by atoms with van der Waals surface area (Å²) >= 11 is 0. The van der Waals surface area contributed by atoms with Crippen LogP contribution in [-0.4, -0.2) is 30.8 Å². The molecule has 23 heavy (non-hydrogen) atoms. The third kappa shape index (κ3) is 3.46. The van der Waals surface area contributed by atoms with Gasteiger partial charge >= 0.3 is 0 Å². The van der Waals surface area contributed by atoms with Gasteiger partial charge in [0.25, 0.3) is 0 Å². The van der Waals surface area contributed by atoms with E-state index in [0.717, 1.165) is 24.8 Å². The van der Waals surface area contributed by atoms with E-state index < -0.39 is 10.0 Å². The molecule has 1 aliphatic heterocycles. The van der Waals surface area contributed by atoms with Crippen LogP contribution in [0.3, 0.4) is 0 Å². The van der Waals surface area contributed by atoms with Gasteiger partial charge in [0.05, 0.1) is 4.90 Å². The third-order valence-electron chi connectivity index (χ3n) is 4.60. The molecule has 0 spiro atoms. The van der Waals surface area contributed by atoms with Gasteiger partial charge in [-0.25, -0.2) is 8.42 Å². The second-order valence-electron chi connectivity index (χ2n) is 5.96. The molecule has 1 aromatic heterocycles. The maximum atomic E-state index is 12.7. The van der Waals surface area contributed by atoms with Crippen LogP contribution in [0.4, 0.5) is 0 Å². The highest BCUT2D eigenvalue weighted by Gasteiger charge is 2.29. The molecule has 1 fully saturated rings.